The number of allylic oxidation sites excluding steroid dienone is 1. The van der Waals surface area contributed by atoms with Crippen LogP contribution in [0.2, 0.25) is 0 Å². The predicted molar refractivity (Wildman–Crippen MR) is 104 cm³/mol. The number of aromatic hydroxyl groups is 2. The van der Waals surface area contributed by atoms with Crippen molar-refractivity contribution in [1.82, 2.24) is 0 Å². The van der Waals surface area contributed by atoms with Gasteiger partial charge in [-0.3, -0.25) is 4.79 Å². The number of carbonyl (C=O) groups excluding carboxylic acids is 1. The summed E-state index contributed by atoms with van der Waals surface area (Å²) >= 11 is 0. The SMILES string of the molecule is O=C(/C=C/c1ccc(O)cc1)c1ccc(O)cc1O[C@H]1O[C@H](CO)[C@H](O)[C@H](O)[C@H]1O. The number of ether oxygens (including phenoxy) is 2. The molecule has 0 spiro atoms. The molecule has 160 valence electrons. The van der Waals surface area contributed by atoms with Crippen LogP contribution in [0.4, 0.5) is 0 Å². The van der Waals surface area contributed by atoms with E-state index < -0.39 is 43.1 Å². The van der Waals surface area contributed by atoms with Crippen LogP contribution in [0, 0.1) is 0 Å². The monoisotopic (exact) mass is 418 g/mol. The van der Waals surface area contributed by atoms with E-state index in [1.807, 2.05) is 0 Å². The molecule has 5 atom stereocenters. The zero-order chi connectivity index (χ0) is 21.8. The lowest BCUT2D eigenvalue weighted by atomic mass is 9.99. The first-order valence-corrected chi connectivity index (χ1v) is 9.12. The summed E-state index contributed by atoms with van der Waals surface area (Å²) in [6.45, 7) is -0.633. The van der Waals surface area contributed by atoms with Crippen LogP contribution in [0.25, 0.3) is 6.08 Å². The second-order valence-electron chi connectivity index (χ2n) is 6.78. The molecule has 0 aromatic heterocycles. The van der Waals surface area contributed by atoms with E-state index in [9.17, 15) is 35.4 Å². The summed E-state index contributed by atoms with van der Waals surface area (Å²) in [5, 5.41) is 58.2. The lowest BCUT2D eigenvalue weighted by molar-refractivity contribution is -0.277. The first-order chi connectivity index (χ1) is 14.3. The number of phenols is 2. The average molecular weight is 418 g/mol. The minimum Gasteiger partial charge on any atom is -0.508 e. The number of phenolic OH excluding ortho intramolecular Hbond substituents is 2. The van der Waals surface area contributed by atoms with Crippen LogP contribution < -0.4 is 4.74 Å². The number of aliphatic hydroxyl groups is 4. The quantitative estimate of drug-likeness (QED) is 0.284. The first kappa shape index (κ1) is 21.8. The standard InChI is InChI=1S/C21H22O9/c22-10-17-18(26)19(27)20(28)21(30-17)29-16-9-13(24)6-7-14(16)15(25)8-3-11-1-4-12(23)5-2-11/h1-9,17-24,26-28H,10H2/b8-3+/t17-,18+,19+,20-,21+/m1/s1. The minimum absolute atomic E-state index is 0.0415. The number of hydrogen-bond acceptors (Lipinski definition) is 9. The van der Waals surface area contributed by atoms with Crippen molar-refractivity contribution in [3.63, 3.8) is 0 Å². The van der Waals surface area contributed by atoms with Gasteiger partial charge in [-0.1, -0.05) is 18.2 Å². The van der Waals surface area contributed by atoms with Gasteiger partial charge in [-0.15, -0.1) is 0 Å². The summed E-state index contributed by atoms with van der Waals surface area (Å²) in [7, 11) is 0. The van der Waals surface area contributed by atoms with Crippen molar-refractivity contribution in [2.75, 3.05) is 6.61 Å². The van der Waals surface area contributed by atoms with Crippen LogP contribution in [0.1, 0.15) is 15.9 Å². The molecule has 0 radical (unpaired) electrons. The van der Waals surface area contributed by atoms with E-state index >= 15 is 0 Å². The Morgan fingerprint density at radius 3 is 2.30 bits per heavy atom. The Balaban J connectivity index is 1.82. The van der Waals surface area contributed by atoms with E-state index in [2.05, 4.69) is 0 Å². The Morgan fingerprint density at radius 2 is 1.63 bits per heavy atom. The van der Waals surface area contributed by atoms with E-state index in [1.54, 1.807) is 12.1 Å². The highest BCUT2D eigenvalue weighted by atomic mass is 16.7. The van der Waals surface area contributed by atoms with Crippen molar-refractivity contribution in [3.05, 3.63) is 59.7 Å². The van der Waals surface area contributed by atoms with Crippen molar-refractivity contribution in [1.29, 1.82) is 0 Å². The van der Waals surface area contributed by atoms with Gasteiger partial charge in [0.15, 0.2) is 5.78 Å². The molecular formula is C21H22O9. The molecule has 9 heteroatoms. The highest BCUT2D eigenvalue weighted by molar-refractivity contribution is 6.08. The highest BCUT2D eigenvalue weighted by Crippen LogP contribution is 2.30. The van der Waals surface area contributed by atoms with Gasteiger partial charge in [0.25, 0.3) is 0 Å². The second-order valence-corrected chi connectivity index (χ2v) is 6.78. The van der Waals surface area contributed by atoms with Gasteiger partial charge in [0.05, 0.1) is 12.2 Å². The smallest absolute Gasteiger partial charge is 0.229 e. The zero-order valence-corrected chi connectivity index (χ0v) is 15.7. The summed E-state index contributed by atoms with van der Waals surface area (Å²) in [6.07, 6.45) is -4.77. The summed E-state index contributed by atoms with van der Waals surface area (Å²) in [4.78, 5) is 12.6. The van der Waals surface area contributed by atoms with Crippen LogP contribution in [0.15, 0.2) is 48.5 Å². The molecule has 1 aliphatic rings. The fraction of sp³-hybridized carbons (Fsp3) is 0.286. The fourth-order valence-corrected chi connectivity index (χ4v) is 2.95. The average Bonchev–Trinajstić information content (AvgIpc) is 2.73. The van der Waals surface area contributed by atoms with E-state index in [0.717, 1.165) is 6.07 Å². The number of aliphatic hydroxyl groups excluding tert-OH is 4. The zero-order valence-electron chi connectivity index (χ0n) is 15.7. The number of ketones is 1. The van der Waals surface area contributed by atoms with Gasteiger partial charge in [0.1, 0.15) is 41.7 Å². The molecule has 9 nitrogen and oxygen atoms in total. The molecule has 3 rings (SSSR count). The lowest BCUT2D eigenvalue weighted by Gasteiger charge is -2.39. The van der Waals surface area contributed by atoms with Gasteiger partial charge in [-0.05, 0) is 35.9 Å². The summed E-state index contributed by atoms with van der Waals surface area (Å²) in [6, 6.07) is 9.91. The Morgan fingerprint density at radius 1 is 0.967 bits per heavy atom. The van der Waals surface area contributed by atoms with Crippen LogP contribution in [-0.4, -0.2) is 73.7 Å². The van der Waals surface area contributed by atoms with Gasteiger partial charge in [-0.25, -0.2) is 0 Å². The van der Waals surface area contributed by atoms with Crippen molar-refractivity contribution < 1.29 is 44.9 Å². The number of benzene rings is 2. The van der Waals surface area contributed by atoms with Crippen LogP contribution in [0.5, 0.6) is 17.2 Å². The van der Waals surface area contributed by atoms with Crippen LogP contribution >= 0.6 is 0 Å². The van der Waals surface area contributed by atoms with Gasteiger partial charge in [-0.2, -0.15) is 0 Å². The Hall–Kier alpha value is -2.95. The van der Waals surface area contributed by atoms with Gasteiger partial charge in [0.2, 0.25) is 6.29 Å². The molecule has 0 aliphatic carbocycles. The number of rotatable bonds is 6. The molecule has 6 N–H and O–H groups in total. The second kappa shape index (κ2) is 9.24. The maximum Gasteiger partial charge on any atom is 0.229 e. The molecule has 1 saturated heterocycles. The maximum absolute atomic E-state index is 12.6. The predicted octanol–water partition coefficient (Wildman–Crippen LogP) is 0.173. The molecule has 0 unspecified atom stereocenters. The Bertz CT molecular complexity index is 907. The maximum atomic E-state index is 12.6. The normalized spacial score (nSPS) is 26.6. The Labute approximate surface area is 171 Å². The van der Waals surface area contributed by atoms with E-state index in [1.165, 1.54) is 36.4 Å². The highest BCUT2D eigenvalue weighted by Gasteiger charge is 2.45. The van der Waals surface area contributed by atoms with Crippen molar-refractivity contribution in [2.45, 2.75) is 30.7 Å². The number of carbonyl (C=O) groups is 1. The molecule has 2 aromatic carbocycles. The topological polar surface area (TPSA) is 157 Å². The molecule has 2 aromatic rings. The van der Waals surface area contributed by atoms with Crippen LogP contribution in [-0.2, 0) is 4.74 Å². The van der Waals surface area contributed by atoms with Crippen molar-refractivity contribution in [2.24, 2.45) is 0 Å². The third kappa shape index (κ3) is 4.78. The minimum atomic E-state index is -1.67. The fourth-order valence-electron chi connectivity index (χ4n) is 2.95. The summed E-state index contributed by atoms with van der Waals surface area (Å²) < 4.78 is 10.8. The molecule has 1 aliphatic heterocycles. The summed E-state index contributed by atoms with van der Waals surface area (Å²) in [5.41, 5.74) is 0.705. The van der Waals surface area contributed by atoms with Gasteiger partial charge in [0, 0.05) is 6.07 Å². The van der Waals surface area contributed by atoms with Gasteiger partial charge < -0.3 is 40.1 Å². The third-order valence-corrected chi connectivity index (χ3v) is 4.64. The molecule has 1 heterocycles. The largest absolute Gasteiger partial charge is 0.508 e. The molecule has 0 bridgehead atoms. The third-order valence-electron chi connectivity index (χ3n) is 4.64. The Kier molecular flexibility index (Phi) is 6.70. The molecule has 1 fully saturated rings. The lowest BCUT2D eigenvalue weighted by Crippen LogP contribution is -2.60. The van der Waals surface area contributed by atoms with E-state index in [-0.39, 0.29) is 22.8 Å². The van der Waals surface area contributed by atoms with Crippen molar-refractivity contribution in [3.8, 4) is 17.2 Å². The molecule has 0 amide bonds. The van der Waals surface area contributed by atoms with Crippen molar-refractivity contribution >= 4 is 11.9 Å². The molecule has 30 heavy (non-hydrogen) atoms. The van der Waals surface area contributed by atoms with Gasteiger partial charge >= 0.3 is 0 Å². The number of hydrogen-bond donors (Lipinski definition) is 6. The first-order valence-electron chi connectivity index (χ1n) is 9.12. The molecule has 0 saturated carbocycles. The van der Waals surface area contributed by atoms with E-state index in [0.29, 0.717) is 5.56 Å². The van der Waals surface area contributed by atoms with E-state index in [4.69, 9.17) is 9.47 Å². The molecular weight excluding hydrogens is 396 g/mol. The summed E-state index contributed by atoms with van der Waals surface area (Å²) in [5.74, 6) is -0.733. The van der Waals surface area contributed by atoms with Crippen LogP contribution in [0.3, 0.4) is 0 Å².